The third-order valence-corrected chi connectivity index (χ3v) is 2.62. The van der Waals surface area contributed by atoms with E-state index >= 15 is 0 Å². The molecule has 102 valence electrons. The van der Waals surface area contributed by atoms with Crippen molar-refractivity contribution in [3.05, 3.63) is 34.5 Å². The predicted octanol–water partition coefficient (Wildman–Crippen LogP) is 1.87. The number of aryl methyl sites for hydroxylation is 2. The molecule has 0 radical (unpaired) electrons. The first kappa shape index (κ1) is 14.8. The Morgan fingerprint density at radius 1 is 1.26 bits per heavy atom. The molecule has 0 aliphatic heterocycles. The van der Waals surface area contributed by atoms with Gasteiger partial charge in [-0.3, -0.25) is 4.79 Å². The Morgan fingerprint density at radius 3 is 2.37 bits per heavy atom. The van der Waals surface area contributed by atoms with Gasteiger partial charge in [-0.1, -0.05) is 0 Å². The summed E-state index contributed by atoms with van der Waals surface area (Å²) in [7, 11) is 1.58. The summed E-state index contributed by atoms with van der Waals surface area (Å²) in [4.78, 5) is 22.0. The monoisotopic (exact) mass is 263 g/mol. The van der Waals surface area contributed by atoms with E-state index in [0.717, 1.165) is 22.4 Å². The minimum absolute atomic E-state index is 0.153. The van der Waals surface area contributed by atoms with Gasteiger partial charge in [0.25, 0.3) is 0 Å². The van der Waals surface area contributed by atoms with Crippen molar-refractivity contribution in [3.8, 4) is 5.75 Å². The topological polar surface area (TPSA) is 75.6 Å². The second kappa shape index (κ2) is 6.04. The van der Waals surface area contributed by atoms with Crippen molar-refractivity contribution in [1.82, 2.24) is 5.32 Å². The Bertz CT molecular complexity index is 547. The smallest absolute Gasteiger partial charge is 0.352 e. The van der Waals surface area contributed by atoms with E-state index in [9.17, 15) is 9.59 Å². The number of amides is 1. The molecule has 1 aromatic rings. The molecule has 0 bridgehead atoms. The minimum atomic E-state index is -1.18. The number of methoxy groups -OCH3 is 1. The van der Waals surface area contributed by atoms with Crippen LogP contribution in [0.5, 0.6) is 5.75 Å². The van der Waals surface area contributed by atoms with Crippen molar-refractivity contribution >= 4 is 18.0 Å². The molecule has 1 rings (SSSR count). The van der Waals surface area contributed by atoms with E-state index in [4.69, 9.17) is 9.84 Å². The zero-order valence-electron chi connectivity index (χ0n) is 11.4. The summed E-state index contributed by atoms with van der Waals surface area (Å²) in [6.45, 7) is 4.98. The van der Waals surface area contributed by atoms with Gasteiger partial charge in [0.15, 0.2) is 0 Å². The van der Waals surface area contributed by atoms with Crippen LogP contribution in [0.4, 0.5) is 0 Å². The maximum absolute atomic E-state index is 11.1. The summed E-state index contributed by atoms with van der Waals surface area (Å²) in [5.74, 6) is -0.856. The van der Waals surface area contributed by atoms with Crippen LogP contribution in [0.3, 0.4) is 0 Å². The van der Waals surface area contributed by atoms with Gasteiger partial charge in [-0.25, -0.2) is 4.79 Å². The molecule has 0 heterocycles. The Morgan fingerprint density at radius 2 is 1.89 bits per heavy atom. The van der Waals surface area contributed by atoms with Crippen LogP contribution in [-0.2, 0) is 9.59 Å². The van der Waals surface area contributed by atoms with Gasteiger partial charge in [0.1, 0.15) is 11.4 Å². The molecule has 0 aromatic heterocycles. The first-order valence-electron chi connectivity index (χ1n) is 5.73. The van der Waals surface area contributed by atoms with E-state index in [1.54, 1.807) is 7.11 Å². The molecule has 19 heavy (non-hydrogen) atoms. The molecule has 0 fully saturated rings. The molecular formula is C14H17NO4. The lowest BCUT2D eigenvalue weighted by molar-refractivity contribution is -0.134. The van der Waals surface area contributed by atoms with Crippen molar-refractivity contribution in [2.75, 3.05) is 7.11 Å². The number of rotatable bonds is 4. The first-order valence-corrected chi connectivity index (χ1v) is 5.73. The van der Waals surface area contributed by atoms with Gasteiger partial charge < -0.3 is 15.2 Å². The van der Waals surface area contributed by atoms with Crippen LogP contribution in [0.2, 0.25) is 0 Å². The van der Waals surface area contributed by atoms with Gasteiger partial charge in [-0.15, -0.1) is 0 Å². The van der Waals surface area contributed by atoms with Crippen molar-refractivity contribution in [2.45, 2.75) is 20.8 Å². The third-order valence-electron chi connectivity index (χ3n) is 2.62. The van der Waals surface area contributed by atoms with Crippen LogP contribution >= 0.6 is 0 Å². The second-order valence-electron chi connectivity index (χ2n) is 4.22. The maximum Gasteiger partial charge on any atom is 0.352 e. The fourth-order valence-corrected chi connectivity index (χ4v) is 1.68. The number of hydrogen-bond acceptors (Lipinski definition) is 3. The first-order chi connectivity index (χ1) is 8.85. The van der Waals surface area contributed by atoms with Crippen molar-refractivity contribution in [3.63, 3.8) is 0 Å². The third kappa shape index (κ3) is 3.84. The van der Waals surface area contributed by atoms with E-state index in [-0.39, 0.29) is 5.70 Å². The molecule has 5 nitrogen and oxygen atoms in total. The molecule has 0 aliphatic carbocycles. The molecular weight excluding hydrogens is 246 g/mol. The van der Waals surface area contributed by atoms with E-state index in [0.29, 0.717) is 0 Å². The molecule has 0 saturated heterocycles. The highest BCUT2D eigenvalue weighted by molar-refractivity contribution is 5.96. The number of carbonyl (C=O) groups excluding carboxylic acids is 1. The Balaban J connectivity index is 3.24. The van der Waals surface area contributed by atoms with Crippen LogP contribution in [0, 0.1) is 13.8 Å². The lowest BCUT2D eigenvalue weighted by Gasteiger charge is -2.10. The maximum atomic E-state index is 11.1. The van der Waals surface area contributed by atoms with E-state index in [1.165, 1.54) is 13.0 Å². The highest BCUT2D eigenvalue weighted by Gasteiger charge is 2.11. The van der Waals surface area contributed by atoms with E-state index < -0.39 is 11.9 Å². The zero-order chi connectivity index (χ0) is 14.6. The molecule has 5 heteroatoms. The summed E-state index contributed by atoms with van der Waals surface area (Å²) in [5, 5.41) is 11.3. The van der Waals surface area contributed by atoms with Gasteiger partial charge in [0, 0.05) is 6.92 Å². The van der Waals surface area contributed by atoms with Crippen LogP contribution < -0.4 is 10.1 Å². The number of nitrogens with one attached hydrogen (secondary N) is 1. The molecule has 0 spiro atoms. The molecule has 1 amide bonds. The van der Waals surface area contributed by atoms with Crippen LogP contribution in [0.15, 0.2) is 17.8 Å². The van der Waals surface area contributed by atoms with Gasteiger partial charge in [0.05, 0.1) is 7.11 Å². The van der Waals surface area contributed by atoms with Crippen molar-refractivity contribution in [1.29, 1.82) is 0 Å². The average Bonchev–Trinajstić information content (AvgIpc) is 2.31. The summed E-state index contributed by atoms with van der Waals surface area (Å²) in [6, 6.07) is 3.65. The molecule has 2 N–H and O–H groups in total. The number of hydrogen-bond donors (Lipinski definition) is 2. The Labute approximate surface area is 111 Å². The fraction of sp³-hybridized carbons (Fsp3) is 0.286. The summed E-state index contributed by atoms with van der Waals surface area (Å²) < 4.78 is 5.19. The van der Waals surface area contributed by atoms with Crippen LogP contribution in [-0.4, -0.2) is 24.1 Å². The fourth-order valence-electron chi connectivity index (χ4n) is 1.68. The van der Waals surface area contributed by atoms with Crippen molar-refractivity contribution in [2.24, 2.45) is 0 Å². The highest BCUT2D eigenvalue weighted by Crippen LogP contribution is 2.23. The van der Waals surface area contributed by atoms with E-state index in [1.807, 2.05) is 26.0 Å². The predicted molar refractivity (Wildman–Crippen MR) is 71.9 cm³/mol. The lowest BCUT2D eigenvalue weighted by atomic mass is 10.0. The largest absolute Gasteiger partial charge is 0.496 e. The number of ether oxygens (including phenoxy) is 1. The quantitative estimate of drug-likeness (QED) is 0.813. The Hall–Kier alpha value is -2.30. The molecule has 0 atom stereocenters. The SMILES string of the molecule is COc1cc(C)c(/C=C(/NC(C)=O)C(=O)O)cc1C. The number of carbonyl (C=O) groups is 2. The standard InChI is InChI=1S/C14H17NO4/c1-8-6-13(19-4)9(2)5-11(8)7-12(14(17)18)15-10(3)16/h5-7H,1-4H3,(H,15,16)(H,17,18)/b12-7+. The summed E-state index contributed by atoms with van der Waals surface area (Å²) in [6.07, 6.45) is 1.44. The molecule has 0 aliphatic rings. The normalized spacial score (nSPS) is 11.1. The minimum Gasteiger partial charge on any atom is -0.496 e. The number of carboxylic acids is 1. The zero-order valence-corrected chi connectivity index (χ0v) is 11.4. The van der Waals surface area contributed by atoms with Gasteiger partial charge in [0.2, 0.25) is 5.91 Å². The average molecular weight is 263 g/mol. The summed E-state index contributed by atoms with van der Waals surface area (Å²) in [5.41, 5.74) is 2.34. The van der Waals surface area contributed by atoms with Crippen LogP contribution in [0.25, 0.3) is 6.08 Å². The number of carboxylic acid groups (broad SMARTS) is 1. The van der Waals surface area contributed by atoms with Crippen molar-refractivity contribution < 1.29 is 19.4 Å². The van der Waals surface area contributed by atoms with Gasteiger partial charge >= 0.3 is 5.97 Å². The van der Waals surface area contributed by atoms with Gasteiger partial charge in [-0.05, 0) is 48.7 Å². The molecule has 0 unspecified atom stereocenters. The molecule has 1 aromatic carbocycles. The molecule has 0 saturated carbocycles. The van der Waals surface area contributed by atoms with Gasteiger partial charge in [-0.2, -0.15) is 0 Å². The van der Waals surface area contributed by atoms with Crippen LogP contribution in [0.1, 0.15) is 23.6 Å². The summed E-state index contributed by atoms with van der Waals surface area (Å²) >= 11 is 0. The second-order valence-corrected chi connectivity index (χ2v) is 4.22. The number of benzene rings is 1. The lowest BCUT2D eigenvalue weighted by Crippen LogP contribution is -2.24. The van der Waals surface area contributed by atoms with E-state index in [2.05, 4.69) is 5.32 Å². The Kier molecular flexibility index (Phi) is 4.69. The number of aliphatic carboxylic acids is 1. The highest BCUT2D eigenvalue weighted by atomic mass is 16.5.